The second-order valence-electron chi connectivity index (χ2n) is 7.53. The molecule has 2 N–H and O–H groups in total. The molecule has 2 heterocycles. The molecule has 0 aliphatic carbocycles. The number of nitriles is 1. The zero-order chi connectivity index (χ0) is 24.9. The molecule has 1 atom stereocenters. The van der Waals surface area contributed by atoms with Crippen molar-refractivity contribution in [3.8, 4) is 6.07 Å². The molecule has 0 aliphatic heterocycles. The maximum Gasteiger partial charge on any atom is 0.264 e. The van der Waals surface area contributed by atoms with Crippen LogP contribution in [0.5, 0.6) is 0 Å². The van der Waals surface area contributed by atoms with E-state index in [4.69, 9.17) is 0 Å². The van der Waals surface area contributed by atoms with Crippen LogP contribution in [0, 0.1) is 32.1 Å². The highest BCUT2D eigenvalue weighted by atomic mass is 32.2. The van der Waals surface area contributed by atoms with E-state index in [1.807, 2.05) is 13.8 Å². The fraction of sp³-hybridized carbons (Fsp3) is 0.261. The van der Waals surface area contributed by atoms with Crippen LogP contribution in [0.25, 0.3) is 0 Å². The third kappa shape index (κ3) is 6.30. The van der Waals surface area contributed by atoms with Crippen LogP contribution < -0.4 is 10.0 Å². The molecule has 1 amide bonds. The number of pyridine rings is 1. The number of sulfonamides is 1. The summed E-state index contributed by atoms with van der Waals surface area (Å²) >= 11 is 1.23. The van der Waals surface area contributed by atoms with Crippen molar-refractivity contribution in [3.63, 3.8) is 0 Å². The lowest BCUT2D eigenvalue weighted by Crippen LogP contribution is -2.25. The largest absolute Gasteiger partial charge is 0.325 e. The summed E-state index contributed by atoms with van der Waals surface area (Å²) in [7, 11) is -3.90. The molecular formula is C23H24N6O3S2. The molecular weight excluding hydrogens is 472 g/mol. The molecule has 11 heteroatoms. The minimum absolute atomic E-state index is 0.000752. The number of rotatable bonds is 8. The number of carbonyl (C=O) groups is 1. The number of aromatic nitrogens is 3. The van der Waals surface area contributed by atoms with E-state index >= 15 is 0 Å². The number of hydrogen-bond acceptors (Lipinski definition) is 8. The highest BCUT2D eigenvalue weighted by Crippen LogP contribution is 2.28. The quantitative estimate of drug-likeness (QED) is 0.447. The second kappa shape index (κ2) is 10.6. The number of nitrogens with one attached hydrogen (secondary N) is 2. The van der Waals surface area contributed by atoms with Gasteiger partial charge in [0, 0.05) is 22.8 Å². The molecule has 3 aromatic rings. The summed E-state index contributed by atoms with van der Waals surface area (Å²) in [5.74, 6) is -0.267. The van der Waals surface area contributed by atoms with Crippen LogP contribution in [0.2, 0.25) is 0 Å². The minimum Gasteiger partial charge on any atom is -0.325 e. The van der Waals surface area contributed by atoms with Crippen molar-refractivity contribution in [3.05, 3.63) is 65.1 Å². The number of nitrogens with zero attached hydrogens (tertiary/aromatic N) is 4. The van der Waals surface area contributed by atoms with E-state index in [1.165, 1.54) is 36.0 Å². The Morgan fingerprint density at radius 2 is 1.68 bits per heavy atom. The number of anilines is 2. The van der Waals surface area contributed by atoms with E-state index in [9.17, 15) is 18.5 Å². The van der Waals surface area contributed by atoms with Crippen LogP contribution in [0.3, 0.4) is 0 Å². The number of aryl methyl sites for hydroxylation is 3. The molecule has 3 rings (SSSR count). The van der Waals surface area contributed by atoms with E-state index < -0.39 is 15.3 Å². The molecule has 2 aromatic heterocycles. The SMILES string of the molecule is CCC(Sc1nc(C)ccc1C#N)C(=O)Nc1ccc(S(=O)(=O)Nc2nc(C)cc(C)n2)cc1. The van der Waals surface area contributed by atoms with Gasteiger partial charge in [-0.05, 0) is 69.7 Å². The van der Waals surface area contributed by atoms with Gasteiger partial charge in [-0.1, -0.05) is 18.7 Å². The van der Waals surface area contributed by atoms with Gasteiger partial charge < -0.3 is 5.32 Å². The summed E-state index contributed by atoms with van der Waals surface area (Å²) in [5, 5.41) is 12.1. The number of thioether (sulfide) groups is 1. The molecule has 34 heavy (non-hydrogen) atoms. The van der Waals surface area contributed by atoms with Gasteiger partial charge in [-0.25, -0.2) is 28.1 Å². The van der Waals surface area contributed by atoms with Gasteiger partial charge in [0.2, 0.25) is 11.9 Å². The van der Waals surface area contributed by atoms with Crippen LogP contribution in [-0.4, -0.2) is 34.5 Å². The Hall–Kier alpha value is -3.49. The number of hydrogen-bond donors (Lipinski definition) is 2. The van der Waals surface area contributed by atoms with Crippen molar-refractivity contribution < 1.29 is 13.2 Å². The first-order chi connectivity index (χ1) is 16.1. The highest BCUT2D eigenvalue weighted by Gasteiger charge is 2.21. The van der Waals surface area contributed by atoms with Gasteiger partial charge in [-0.2, -0.15) is 5.26 Å². The molecule has 1 unspecified atom stereocenters. The lowest BCUT2D eigenvalue weighted by atomic mass is 10.2. The summed E-state index contributed by atoms with van der Waals surface area (Å²) < 4.78 is 27.7. The third-order valence-electron chi connectivity index (χ3n) is 4.68. The molecule has 0 aliphatic rings. The first kappa shape index (κ1) is 25.1. The van der Waals surface area contributed by atoms with Crippen molar-refractivity contribution in [2.45, 2.75) is 49.3 Å². The van der Waals surface area contributed by atoms with Crippen LogP contribution in [0.1, 0.15) is 36.0 Å². The number of amides is 1. The molecule has 0 radical (unpaired) electrons. The first-order valence-electron chi connectivity index (χ1n) is 10.4. The predicted molar refractivity (Wildman–Crippen MR) is 131 cm³/mol. The van der Waals surface area contributed by atoms with E-state index in [2.05, 4.69) is 31.1 Å². The third-order valence-corrected chi connectivity index (χ3v) is 7.39. The lowest BCUT2D eigenvalue weighted by molar-refractivity contribution is -0.115. The molecule has 0 spiro atoms. The Morgan fingerprint density at radius 1 is 1.03 bits per heavy atom. The van der Waals surface area contributed by atoms with Gasteiger partial charge in [0.05, 0.1) is 15.7 Å². The predicted octanol–water partition coefficient (Wildman–Crippen LogP) is 3.98. The lowest BCUT2D eigenvalue weighted by Gasteiger charge is -2.15. The standard InChI is InChI=1S/C23H24N6O3S2/c1-5-20(33-22-17(13-24)7-6-14(2)25-22)21(30)28-18-8-10-19(11-9-18)34(31,32)29-23-26-15(3)12-16(4)27-23/h6-12,20H,5H2,1-4H3,(H,28,30)(H,26,27,29). The van der Waals surface area contributed by atoms with Gasteiger partial charge >= 0.3 is 0 Å². The fourth-order valence-corrected chi connectivity index (χ4v) is 5.04. The Bertz CT molecular complexity index is 1330. The minimum atomic E-state index is -3.90. The Morgan fingerprint density at radius 3 is 2.26 bits per heavy atom. The van der Waals surface area contributed by atoms with Gasteiger partial charge in [0.15, 0.2) is 0 Å². The molecule has 0 saturated carbocycles. The van der Waals surface area contributed by atoms with Crippen molar-refractivity contribution in [2.24, 2.45) is 0 Å². The zero-order valence-electron chi connectivity index (χ0n) is 19.2. The smallest absolute Gasteiger partial charge is 0.264 e. The second-order valence-corrected chi connectivity index (χ2v) is 10.4. The monoisotopic (exact) mass is 496 g/mol. The van der Waals surface area contributed by atoms with Crippen LogP contribution in [-0.2, 0) is 14.8 Å². The van der Waals surface area contributed by atoms with Crippen LogP contribution in [0.4, 0.5) is 11.6 Å². The maximum absolute atomic E-state index is 12.8. The number of benzene rings is 1. The van der Waals surface area contributed by atoms with E-state index in [1.54, 1.807) is 32.0 Å². The van der Waals surface area contributed by atoms with Gasteiger partial charge in [0.25, 0.3) is 10.0 Å². The van der Waals surface area contributed by atoms with Crippen LogP contribution in [0.15, 0.2) is 52.4 Å². The average Bonchev–Trinajstić information content (AvgIpc) is 2.76. The molecule has 9 nitrogen and oxygen atoms in total. The molecule has 1 aromatic carbocycles. The maximum atomic E-state index is 12.8. The normalized spacial score (nSPS) is 12.0. The van der Waals surface area contributed by atoms with Crippen molar-refractivity contribution >= 4 is 39.3 Å². The Kier molecular flexibility index (Phi) is 7.86. The number of carbonyl (C=O) groups excluding carboxylic acids is 1. The molecule has 0 saturated heterocycles. The highest BCUT2D eigenvalue weighted by molar-refractivity contribution is 8.00. The Labute approximate surface area is 203 Å². The van der Waals surface area contributed by atoms with E-state index in [0.717, 1.165) is 5.69 Å². The van der Waals surface area contributed by atoms with Gasteiger partial charge in [-0.3, -0.25) is 4.79 Å². The summed E-state index contributed by atoms with van der Waals surface area (Å²) in [4.78, 5) is 25.4. The van der Waals surface area contributed by atoms with Crippen molar-refractivity contribution in [1.29, 1.82) is 5.26 Å². The Balaban J connectivity index is 1.71. The molecule has 0 bridgehead atoms. The summed E-state index contributed by atoms with van der Waals surface area (Å²) in [6.45, 7) is 7.20. The fourth-order valence-electron chi connectivity index (χ4n) is 3.06. The zero-order valence-corrected chi connectivity index (χ0v) is 20.8. The van der Waals surface area contributed by atoms with Gasteiger partial charge in [0.1, 0.15) is 11.1 Å². The van der Waals surface area contributed by atoms with Crippen molar-refractivity contribution in [2.75, 3.05) is 10.0 Å². The molecule has 0 fully saturated rings. The summed E-state index contributed by atoms with van der Waals surface area (Å²) in [6, 6.07) is 13.1. The first-order valence-corrected chi connectivity index (χ1v) is 12.8. The molecule has 176 valence electrons. The van der Waals surface area contributed by atoms with Gasteiger partial charge in [-0.15, -0.1) is 0 Å². The summed E-state index contributed by atoms with van der Waals surface area (Å²) in [5.41, 5.74) is 2.91. The van der Waals surface area contributed by atoms with E-state index in [-0.39, 0.29) is 16.8 Å². The van der Waals surface area contributed by atoms with E-state index in [0.29, 0.717) is 34.1 Å². The summed E-state index contributed by atoms with van der Waals surface area (Å²) in [6.07, 6.45) is 0.517. The van der Waals surface area contributed by atoms with Crippen LogP contribution >= 0.6 is 11.8 Å². The average molecular weight is 497 g/mol. The topological polar surface area (TPSA) is 138 Å². The van der Waals surface area contributed by atoms with Crippen molar-refractivity contribution in [1.82, 2.24) is 15.0 Å².